The van der Waals surface area contributed by atoms with E-state index in [1.165, 1.54) is 9.13 Å². The molecule has 0 saturated carbocycles. The number of hydrogen-bond donors (Lipinski definition) is 1. The molecule has 0 unspecified atom stereocenters. The van der Waals surface area contributed by atoms with E-state index in [1.54, 1.807) is 7.05 Å². The third kappa shape index (κ3) is 4.16. The Bertz CT molecular complexity index is 1410. The van der Waals surface area contributed by atoms with Gasteiger partial charge < -0.3 is 9.67 Å². The van der Waals surface area contributed by atoms with Crippen molar-refractivity contribution in [2.24, 2.45) is 7.05 Å². The lowest BCUT2D eigenvalue weighted by molar-refractivity contribution is 0.277. The highest BCUT2D eigenvalue weighted by Gasteiger charge is 2.23. The van der Waals surface area contributed by atoms with E-state index in [4.69, 9.17) is 4.98 Å². The summed E-state index contributed by atoms with van der Waals surface area (Å²) < 4.78 is 4.56. The Balaban J connectivity index is 2.06. The lowest BCUT2D eigenvalue weighted by Crippen LogP contribution is -2.39. The van der Waals surface area contributed by atoms with Crippen LogP contribution in [0.2, 0.25) is 0 Å². The van der Waals surface area contributed by atoms with Crippen LogP contribution in [0.4, 0.5) is 0 Å². The van der Waals surface area contributed by atoms with Crippen LogP contribution in [0.15, 0.2) is 58.1 Å². The second-order valence-electron chi connectivity index (χ2n) is 8.80. The molecule has 4 rings (SSSR count). The first kappa shape index (κ1) is 22.7. The van der Waals surface area contributed by atoms with Gasteiger partial charge in [-0.15, -0.1) is 0 Å². The van der Waals surface area contributed by atoms with Crippen LogP contribution >= 0.6 is 0 Å². The molecular weight excluding hydrogens is 416 g/mol. The first-order valence-electron chi connectivity index (χ1n) is 11.3. The number of aliphatic hydroxyl groups is 1. The van der Waals surface area contributed by atoms with Gasteiger partial charge in [-0.25, -0.2) is 9.78 Å². The van der Waals surface area contributed by atoms with E-state index in [-0.39, 0.29) is 24.6 Å². The lowest BCUT2D eigenvalue weighted by Gasteiger charge is -2.15. The fourth-order valence-corrected chi connectivity index (χ4v) is 4.24. The molecule has 0 aliphatic rings. The molecular formula is C26H30N4O3. The number of rotatable bonds is 7. The average molecular weight is 447 g/mol. The molecule has 0 bridgehead atoms. The number of aliphatic hydroxyl groups excluding tert-OH is 1. The van der Waals surface area contributed by atoms with Crippen LogP contribution in [0.25, 0.3) is 22.6 Å². The van der Waals surface area contributed by atoms with Gasteiger partial charge in [0.2, 0.25) is 0 Å². The molecule has 33 heavy (non-hydrogen) atoms. The zero-order valence-corrected chi connectivity index (χ0v) is 19.6. The first-order valence-corrected chi connectivity index (χ1v) is 11.3. The highest BCUT2D eigenvalue weighted by atomic mass is 16.3. The normalized spacial score (nSPS) is 11.6. The van der Waals surface area contributed by atoms with E-state index < -0.39 is 5.69 Å². The Labute approximate surface area is 192 Å². The minimum Gasteiger partial charge on any atom is -0.396 e. The van der Waals surface area contributed by atoms with Crippen molar-refractivity contribution in [1.29, 1.82) is 0 Å². The molecule has 4 aromatic rings. The van der Waals surface area contributed by atoms with Gasteiger partial charge in [0, 0.05) is 32.3 Å². The molecule has 0 amide bonds. The van der Waals surface area contributed by atoms with Gasteiger partial charge in [-0.2, -0.15) is 0 Å². The van der Waals surface area contributed by atoms with Crippen LogP contribution in [-0.4, -0.2) is 30.4 Å². The van der Waals surface area contributed by atoms with Crippen molar-refractivity contribution in [3.8, 4) is 11.4 Å². The fraction of sp³-hybridized carbons (Fsp3) is 0.346. The van der Waals surface area contributed by atoms with E-state index >= 15 is 0 Å². The van der Waals surface area contributed by atoms with Crippen LogP contribution in [-0.2, 0) is 20.1 Å². The molecule has 7 heteroatoms. The molecule has 2 aromatic carbocycles. The second kappa shape index (κ2) is 9.19. The van der Waals surface area contributed by atoms with Gasteiger partial charge in [-0.3, -0.25) is 13.9 Å². The van der Waals surface area contributed by atoms with Crippen molar-refractivity contribution in [3.05, 3.63) is 86.1 Å². The smallest absolute Gasteiger partial charge is 0.332 e. The number of fused-ring (bicyclic) bond motifs is 1. The van der Waals surface area contributed by atoms with E-state index in [2.05, 4.69) is 19.9 Å². The summed E-state index contributed by atoms with van der Waals surface area (Å²) in [5.41, 5.74) is 4.23. The van der Waals surface area contributed by atoms with Gasteiger partial charge in [0.25, 0.3) is 5.56 Å². The third-order valence-corrected chi connectivity index (χ3v) is 6.06. The molecule has 0 fully saturated rings. The van der Waals surface area contributed by atoms with Crippen molar-refractivity contribution in [2.45, 2.75) is 46.2 Å². The van der Waals surface area contributed by atoms with Gasteiger partial charge >= 0.3 is 5.69 Å². The van der Waals surface area contributed by atoms with Crippen molar-refractivity contribution < 1.29 is 5.11 Å². The molecule has 2 aromatic heterocycles. The Morgan fingerprint density at radius 3 is 2.36 bits per heavy atom. The zero-order valence-electron chi connectivity index (χ0n) is 19.6. The van der Waals surface area contributed by atoms with Gasteiger partial charge in [-0.05, 0) is 30.4 Å². The van der Waals surface area contributed by atoms with Gasteiger partial charge in [0.15, 0.2) is 11.2 Å². The Hall–Kier alpha value is -3.45. The maximum Gasteiger partial charge on any atom is 0.332 e. The third-order valence-electron chi connectivity index (χ3n) is 6.06. The number of aryl methyl sites for hydroxylation is 2. The topological polar surface area (TPSA) is 82.1 Å². The van der Waals surface area contributed by atoms with Crippen LogP contribution in [0.1, 0.15) is 42.9 Å². The van der Waals surface area contributed by atoms with Crippen molar-refractivity contribution in [3.63, 3.8) is 0 Å². The van der Waals surface area contributed by atoms with Crippen LogP contribution in [0.3, 0.4) is 0 Å². The maximum absolute atomic E-state index is 13.5. The quantitative estimate of drug-likeness (QED) is 0.472. The molecule has 172 valence electrons. The van der Waals surface area contributed by atoms with Gasteiger partial charge in [0.1, 0.15) is 5.82 Å². The highest BCUT2D eigenvalue weighted by Crippen LogP contribution is 2.30. The van der Waals surface area contributed by atoms with Crippen molar-refractivity contribution in [1.82, 2.24) is 18.7 Å². The summed E-state index contributed by atoms with van der Waals surface area (Å²) >= 11 is 0. The van der Waals surface area contributed by atoms with Crippen LogP contribution in [0.5, 0.6) is 0 Å². The number of imidazole rings is 1. The molecule has 0 atom stereocenters. The molecule has 0 radical (unpaired) electrons. The Kier molecular flexibility index (Phi) is 6.33. The summed E-state index contributed by atoms with van der Waals surface area (Å²) in [4.78, 5) is 31.3. The molecule has 2 heterocycles. The first-order chi connectivity index (χ1) is 15.8. The molecule has 0 saturated heterocycles. The highest BCUT2D eigenvalue weighted by molar-refractivity contribution is 5.78. The summed E-state index contributed by atoms with van der Waals surface area (Å²) in [7, 11) is 1.64. The van der Waals surface area contributed by atoms with E-state index in [0.29, 0.717) is 30.0 Å². The predicted octanol–water partition coefficient (Wildman–Crippen LogP) is 3.43. The molecule has 0 aliphatic carbocycles. The minimum absolute atomic E-state index is 0.0940. The number of benzene rings is 2. The van der Waals surface area contributed by atoms with E-state index in [0.717, 1.165) is 22.3 Å². The summed E-state index contributed by atoms with van der Waals surface area (Å²) in [6.45, 7) is 6.81. The van der Waals surface area contributed by atoms with Crippen LogP contribution in [0, 0.1) is 6.92 Å². The van der Waals surface area contributed by atoms with Gasteiger partial charge in [-0.1, -0.05) is 67.9 Å². The van der Waals surface area contributed by atoms with Crippen molar-refractivity contribution in [2.75, 3.05) is 6.61 Å². The lowest BCUT2D eigenvalue weighted by atomic mass is 9.97. The van der Waals surface area contributed by atoms with Crippen molar-refractivity contribution >= 4 is 11.2 Å². The number of aromatic nitrogens is 4. The molecule has 0 spiro atoms. The molecule has 0 aliphatic heterocycles. The Morgan fingerprint density at radius 1 is 1.00 bits per heavy atom. The van der Waals surface area contributed by atoms with E-state index in [1.807, 2.05) is 54.0 Å². The Morgan fingerprint density at radius 2 is 1.70 bits per heavy atom. The molecule has 7 nitrogen and oxygen atoms in total. The summed E-state index contributed by atoms with van der Waals surface area (Å²) in [5, 5.41) is 9.26. The number of hydrogen-bond acceptors (Lipinski definition) is 4. The monoisotopic (exact) mass is 446 g/mol. The maximum atomic E-state index is 13.5. The fourth-order valence-electron chi connectivity index (χ4n) is 4.24. The van der Waals surface area contributed by atoms with Crippen LogP contribution < -0.4 is 11.2 Å². The molecule has 1 N–H and O–H groups in total. The second-order valence-corrected chi connectivity index (χ2v) is 8.80. The summed E-state index contributed by atoms with van der Waals surface area (Å²) in [5.74, 6) is 0.931. The van der Waals surface area contributed by atoms with E-state index in [9.17, 15) is 14.7 Å². The zero-order chi connectivity index (χ0) is 23.7. The summed E-state index contributed by atoms with van der Waals surface area (Å²) in [6.07, 6.45) is 0.329. The minimum atomic E-state index is -0.426. The average Bonchev–Trinajstić information content (AvgIpc) is 3.18. The number of nitrogens with zero attached hydrogens (tertiary/aromatic N) is 4. The van der Waals surface area contributed by atoms with Gasteiger partial charge in [0.05, 0.1) is 0 Å². The largest absolute Gasteiger partial charge is 0.396 e. The SMILES string of the molecule is Cc1ccc(Cn2c(-c3ccccc3C(C)C)nc3c2c(=O)n(CCCO)c(=O)n3C)cc1. The predicted molar refractivity (Wildman–Crippen MR) is 131 cm³/mol. The summed E-state index contributed by atoms with van der Waals surface area (Å²) in [6, 6.07) is 16.3. The standard InChI is InChI=1S/C26H30N4O3/c1-17(2)20-8-5-6-9-21(20)23-27-24-22(30(23)16-19-12-10-18(3)11-13-19)25(32)29(14-7-15-31)26(33)28(24)4/h5-6,8-13,17,31H,7,14-16H2,1-4H3.